The van der Waals surface area contributed by atoms with Crippen LogP contribution in [-0.4, -0.2) is 17.4 Å². The van der Waals surface area contributed by atoms with Gasteiger partial charge in [-0.15, -0.1) is 0 Å². The number of oxime groups is 1. The molecule has 1 aromatic rings. The minimum atomic E-state index is -0.621. The van der Waals surface area contributed by atoms with E-state index >= 15 is 0 Å². The van der Waals surface area contributed by atoms with Crippen LogP contribution in [0.2, 0.25) is 0 Å². The van der Waals surface area contributed by atoms with E-state index in [-0.39, 0.29) is 17.8 Å². The largest absolute Gasteiger partial charge is 0.504 e. The highest BCUT2D eigenvalue weighted by Crippen LogP contribution is 2.27. The molecular weight excluding hydrogens is 221 g/mol. The lowest BCUT2D eigenvalue weighted by molar-refractivity contribution is 0.130. The molecule has 1 aliphatic rings. The van der Waals surface area contributed by atoms with Crippen molar-refractivity contribution in [3.8, 4) is 5.75 Å². The van der Waals surface area contributed by atoms with Crippen LogP contribution in [-0.2, 0) is 4.84 Å². The minimum Gasteiger partial charge on any atom is -0.504 e. The molecule has 2 rings (SSSR count). The smallest absolute Gasteiger partial charge is 0.165 e. The predicted octanol–water partition coefficient (Wildman–Crippen LogP) is 3.17. The van der Waals surface area contributed by atoms with Crippen molar-refractivity contribution in [2.45, 2.75) is 38.7 Å². The number of nitrogens with zero attached hydrogens (tertiary/aromatic N) is 1. The van der Waals surface area contributed by atoms with Crippen LogP contribution >= 0.6 is 0 Å². The molecule has 0 saturated heterocycles. The van der Waals surface area contributed by atoms with Gasteiger partial charge in [0.25, 0.3) is 0 Å². The number of phenolic OH excluding ortho intramolecular Hbond substituents is 1. The number of aromatic hydroxyl groups is 1. The Morgan fingerprint density at radius 1 is 1.47 bits per heavy atom. The summed E-state index contributed by atoms with van der Waals surface area (Å²) in [7, 11) is 0. The zero-order valence-electron chi connectivity index (χ0n) is 9.98. The normalized spacial score (nSPS) is 15.8. The Kier molecular flexibility index (Phi) is 3.31. The van der Waals surface area contributed by atoms with Gasteiger partial charge in [0.15, 0.2) is 11.6 Å². The third-order valence-electron chi connectivity index (χ3n) is 2.71. The Bertz CT molecular complexity index is 439. The number of rotatable bonds is 4. The van der Waals surface area contributed by atoms with E-state index in [1.807, 2.05) is 13.8 Å². The lowest BCUT2D eigenvalue weighted by Crippen LogP contribution is -1.95. The van der Waals surface area contributed by atoms with Crippen molar-refractivity contribution in [2.75, 3.05) is 0 Å². The highest BCUT2D eigenvalue weighted by atomic mass is 19.1. The van der Waals surface area contributed by atoms with Crippen molar-refractivity contribution in [1.82, 2.24) is 0 Å². The molecule has 1 saturated carbocycles. The molecule has 0 aromatic heterocycles. The first kappa shape index (κ1) is 11.9. The summed E-state index contributed by atoms with van der Waals surface area (Å²) in [6, 6.07) is 3.07. The monoisotopic (exact) mass is 237 g/mol. The molecule has 0 spiro atoms. The van der Waals surface area contributed by atoms with Gasteiger partial charge in [0, 0.05) is 5.56 Å². The third-order valence-corrected chi connectivity index (χ3v) is 2.71. The van der Waals surface area contributed by atoms with Crippen LogP contribution in [0.3, 0.4) is 0 Å². The minimum absolute atomic E-state index is 0.196. The van der Waals surface area contributed by atoms with Crippen molar-refractivity contribution in [1.29, 1.82) is 0 Å². The Hall–Kier alpha value is -1.58. The van der Waals surface area contributed by atoms with E-state index in [1.54, 1.807) is 6.07 Å². The van der Waals surface area contributed by atoms with E-state index in [2.05, 4.69) is 5.16 Å². The molecule has 17 heavy (non-hydrogen) atoms. The van der Waals surface area contributed by atoms with Crippen LogP contribution in [0.1, 0.15) is 43.7 Å². The van der Waals surface area contributed by atoms with Crippen LogP contribution in [0.25, 0.3) is 0 Å². The fourth-order valence-electron chi connectivity index (χ4n) is 1.42. The number of hydrogen-bond acceptors (Lipinski definition) is 3. The average Bonchev–Trinajstić information content (AvgIpc) is 3.07. The summed E-state index contributed by atoms with van der Waals surface area (Å²) in [4.78, 5) is 5.09. The fraction of sp³-hybridized carbons (Fsp3) is 0.462. The Balaban J connectivity index is 2.20. The van der Waals surface area contributed by atoms with Gasteiger partial charge in [0.05, 0.1) is 6.21 Å². The molecule has 0 bridgehead atoms. The Morgan fingerprint density at radius 3 is 2.76 bits per heavy atom. The van der Waals surface area contributed by atoms with Crippen LogP contribution in [0.4, 0.5) is 4.39 Å². The van der Waals surface area contributed by atoms with Crippen LogP contribution < -0.4 is 0 Å². The first-order chi connectivity index (χ1) is 8.08. The first-order valence-corrected chi connectivity index (χ1v) is 5.79. The van der Waals surface area contributed by atoms with Crippen molar-refractivity contribution < 1.29 is 14.3 Å². The molecule has 1 N–H and O–H groups in total. The summed E-state index contributed by atoms with van der Waals surface area (Å²) >= 11 is 0. The third kappa shape index (κ3) is 2.96. The SMILES string of the molecule is CC(C)c1cc(F)c(O)c(/C=N/OC2CC2)c1. The molecule has 0 aliphatic heterocycles. The highest BCUT2D eigenvalue weighted by molar-refractivity contribution is 5.83. The van der Waals surface area contributed by atoms with Crippen LogP contribution in [0.5, 0.6) is 5.75 Å². The summed E-state index contributed by atoms with van der Waals surface area (Å²) in [6.07, 6.45) is 3.60. The molecule has 1 aliphatic carbocycles. The molecule has 0 heterocycles. The van der Waals surface area contributed by atoms with Gasteiger partial charge in [-0.05, 0) is 36.5 Å². The van der Waals surface area contributed by atoms with Gasteiger partial charge in [-0.1, -0.05) is 19.0 Å². The Labute approximate surface area is 99.9 Å². The average molecular weight is 237 g/mol. The van der Waals surface area contributed by atoms with E-state index in [0.29, 0.717) is 5.56 Å². The number of phenols is 1. The maximum atomic E-state index is 13.4. The summed E-state index contributed by atoms with van der Waals surface area (Å²) in [5.41, 5.74) is 1.18. The second-order valence-electron chi connectivity index (χ2n) is 4.63. The molecule has 1 aromatic carbocycles. The number of benzene rings is 1. The molecule has 4 heteroatoms. The molecule has 0 unspecified atom stereocenters. The van der Waals surface area contributed by atoms with Crippen LogP contribution in [0, 0.1) is 5.82 Å². The topological polar surface area (TPSA) is 41.8 Å². The Morgan fingerprint density at radius 2 is 2.18 bits per heavy atom. The lowest BCUT2D eigenvalue weighted by Gasteiger charge is -2.08. The fourth-order valence-corrected chi connectivity index (χ4v) is 1.42. The van der Waals surface area contributed by atoms with Gasteiger partial charge in [0.2, 0.25) is 0 Å². The van der Waals surface area contributed by atoms with E-state index in [1.165, 1.54) is 12.3 Å². The molecule has 0 atom stereocenters. The molecular formula is C13H16FNO2. The molecule has 0 radical (unpaired) electrons. The van der Waals surface area contributed by atoms with Crippen LogP contribution in [0.15, 0.2) is 17.3 Å². The molecule has 3 nitrogen and oxygen atoms in total. The maximum Gasteiger partial charge on any atom is 0.165 e. The highest BCUT2D eigenvalue weighted by Gasteiger charge is 2.23. The van der Waals surface area contributed by atoms with Crippen molar-refractivity contribution >= 4 is 6.21 Å². The van der Waals surface area contributed by atoms with Crippen molar-refractivity contribution in [2.24, 2.45) is 5.16 Å². The predicted molar refractivity (Wildman–Crippen MR) is 63.9 cm³/mol. The molecule has 0 amide bonds. The van der Waals surface area contributed by atoms with E-state index in [9.17, 15) is 9.50 Å². The second-order valence-corrected chi connectivity index (χ2v) is 4.63. The zero-order valence-corrected chi connectivity index (χ0v) is 9.98. The van der Waals surface area contributed by atoms with Gasteiger partial charge in [-0.3, -0.25) is 0 Å². The summed E-state index contributed by atoms with van der Waals surface area (Å²) in [5.74, 6) is -0.803. The zero-order chi connectivity index (χ0) is 12.4. The van der Waals surface area contributed by atoms with E-state index < -0.39 is 5.82 Å². The summed E-state index contributed by atoms with van der Waals surface area (Å²) in [6.45, 7) is 3.93. The van der Waals surface area contributed by atoms with E-state index in [4.69, 9.17) is 4.84 Å². The van der Waals surface area contributed by atoms with Gasteiger partial charge < -0.3 is 9.94 Å². The number of hydrogen-bond donors (Lipinski definition) is 1. The van der Waals surface area contributed by atoms with Gasteiger partial charge in [0.1, 0.15) is 6.10 Å². The molecule has 1 fully saturated rings. The second kappa shape index (κ2) is 4.73. The molecule has 92 valence electrons. The quantitative estimate of drug-likeness (QED) is 0.645. The van der Waals surface area contributed by atoms with Gasteiger partial charge in [-0.2, -0.15) is 0 Å². The van der Waals surface area contributed by atoms with E-state index in [0.717, 1.165) is 18.4 Å². The van der Waals surface area contributed by atoms with Gasteiger partial charge >= 0.3 is 0 Å². The van der Waals surface area contributed by atoms with Crippen molar-refractivity contribution in [3.05, 3.63) is 29.1 Å². The number of halogens is 1. The van der Waals surface area contributed by atoms with Crippen molar-refractivity contribution in [3.63, 3.8) is 0 Å². The lowest BCUT2D eigenvalue weighted by atomic mass is 10.0. The maximum absolute atomic E-state index is 13.4. The standard InChI is InChI=1S/C13H16FNO2/c1-8(2)9-5-10(13(16)12(14)6-9)7-15-17-11-3-4-11/h5-8,11,16H,3-4H2,1-2H3/b15-7+. The van der Waals surface area contributed by atoms with Gasteiger partial charge in [-0.25, -0.2) is 4.39 Å². The summed E-state index contributed by atoms with van der Waals surface area (Å²) in [5, 5.41) is 13.3. The first-order valence-electron chi connectivity index (χ1n) is 5.79. The summed E-state index contributed by atoms with van der Waals surface area (Å²) < 4.78 is 13.4.